The van der Waals surface area contributed by atoms with E-state index in [2.05, 4.69) is 10.3 Å². The lowest BCUT2D eigenvalue weighted by Gasteiger charge is -2.13. The van der Waals surface area contributed by atoms with Crippen molar-refractivity contribution in [2.24, 2.45) is 0 Å². The number of hydrogen-bond acceptors (Lipinski definition) is 4. The third-order valence-corrected chi connectivity index (χ3v) is 4.50. The number of amides is 1. The summed E-state index contributed by atoms with van der Waals surface area (Å²) in [6.07, 6.45) is 0.245. The van der Waals surface area contributed by atoms with E-state index in [4.69, 9.17) is 4.74 Å². The Labute approximate surface area is 158 Å². The summed E-state index contributed by atoms with van der Waals surface area (Å²) in [5.41, 5.74) is 4.91. The van der Waals surface area contributed by atoms with Gasteiger partial charge in [0.15, 0.2) is 0 Å². The van der Waals surface area contributed by atoms with Crippen LogP contribution in [0.1, 0.15) is 34.1 Å². The minimum Gasteiger partial charge on any atom is -0.462 e. The molecule has 1 amide bonds. The zero-order valence-corrected chi connectivity index (χ0v) is 15.7. The van der Waals surface area contributed by atoms with E-state index in [0.717, 1.165) is 27.7 Å². The number of pyridine rings is 1. The minimum atomic E-state index is -0.371. The molecule has 0 atom stereocenters. The van der Waals surface area contributed by atoms with Gasteiger partial charge in [-0.1, -0.05) is 18.2 Å². The number of carbonyl (C=O) groups excluding carboxylic acids is 2. The molecule has 0 aliphatic rings. The summed E-state index contributed by atoms with van der Waals surface area (Å²) in [4.78, 5) is 28.8. The second-order valence-corrected chi connectivity index (χ2v) is 6.34. The van der Waals surface area contributed by atoms with Crippen LogP contribution >= 0.6 is 0 Å². The average Bonchev–Trinajstić information content (AvgIpc) is 2.66. The average molecular weight is 362 g/mol. The van der Waals surface area contributed by atoms with Crippen molar-refractivity contribution in [3.63, 3.8) is 0 Å². The number of ether oxygens (including phenoxy) is 1. The van der Waals surface area contributed by atoms with E-state index in [-0.39, 0.29) is 18.3 Å². The highest BCUT2D eigenvalue weighted by molar-refractivity contribution is 5.95. The number of fused-ring (bicyclic) bond motifs is 1. The van der Waals surface area contributed by atoms with Gasteiger partial charge in [-0.15, -0.1) is 0 Å². The van der Waals surface area contributed by atoms with Crippen LogP contribution in [-0.2, 0) is 16.0 Å². The fraction of sp³-hybridized carbons (Fsp3) is 0.227. The molecule has 0 saturated heterocycles. The molecule has 3 rings (SSSR count). The van der Waals surface area contributed by atoms with Gasteiger partial charge in [-0.05, 0) is 62.2 Å². The highest BCUT2D eigenvalue weighted by Gasteiger charge is 2.13. The number of para-hydroxylation sites is 1. The maximum atomic E-state index is 12.5. The maximum absolute atomic E-state index is 12.5. The van der Waals surface area contributed by atoms with Crippen LogP contribution in [-0.4, -0.2) is 23.5 Å². The van der Waals surface area contributed by atoms with Crippen molar-refractivity contribution in [1.82, 2.24) is 4.98 Å². The third kappa shape index (κ3) is 4.14. The molecule has 0 spiro atoms. The highest BCUT2D eigenvalue weighted by atomic mass is 16.5. The van der Waals surface area contributed by atoms with Gasteiger partial charge in [0.1, 0.15) is 0 Å². The Morgan fingerprint density at radius 1 is 1.04 bits per heavy atom. The van der Waals surface area contributed by atoms with Gasteiger partial charge in [-0.25, -0.2) is 4.79 Å². The van der Waals surface area contributed by atoms with E-state index < -0.39 is 0 Å². The molecule has 0 radical (unpaired) electrons. The largest absolute Gasteiger partial charge is 0.462 e. The summed E-state index contributed by atoms with van der Waals surface area (Å²) in [6, 6.07) is 14.6. The lowest BCUT2D eigenvalue weighted by atomic mass is 9.99. The fourth-order valence-corrected chi connectivity index (χ4v) is 3.10. The van der Waals surface area contributed by atoms with Crippen molar-refractivity contribution in [1.29, 1.82) is 0 Å². The van der Waals surface area contributed by atoms with Crippen LogP contribution in [0.4, 0.5) is 5.69 Å². The number of carbonyl (C=O) groups is 2. The lowest BCUT2D eigenvalue weighted by Crippen LogP contribution is -2.16. The molecule has 2 aromatic carbocycles. The molecule has 1 N–H and O–H groups in total. The van der Waals surface area contributed by atoms with Gasteiger partial charge in [0.25, 0.3) is 0 Å². The molecule has 0 aliphatic carbocycles. The first-order valence-electron chi connectivity index (χ1n) is 8.91. The Hall–Kier alpha value is -3.21. The number of esters is 1. The van der Waals surface area contributed by atoms with Crippen molar-refractivity contribution in [3.05, 3.63) is 70.9 Å². The van der Waals surface area contributed by atoms with E-state index >= 15 is 0 Å². The smallest absolute Gasteiger partial charge is 0.338 e. The van der Waals surface area contributed by atoms with Crippen molar-refractivity contribution in [2.75, 3.05) is 11.9 Å². The van der Waals surface area contributed by atoms with Crippen LogP contribution in [0.15, 0.2) is 48.5 Å². The summed E-state index contributed by atoms with van der Waals surface area (Å²) in [5, 5.41) is 3.93. The molecule has 0 aliphatic heterocycles. The molecule has 5 nitrogen and oxygen atoms in total. The monoisotopic (exact) mass is 362 g/mol. The van der Waals surface area contributed by atoms with Gasteiger partial charge in [-0.2, -0.15) is 0 Å². The predicted octanol–water partition coefficient (Wildman–Crippen LogP) is 4.21. The van der Waals surface area contributed by atoms with Crippen LogP contribution in [0, 0.1) is 13.8 Å². The number of anilines is 1. The maximum Gasteiger partial charge on any atom is 0.338 e. The summed E-state index contributed by atoms with van der Waals surface area (Å²) in [5.74, 6) is -0.494. The number of aryl methyl sites for hydroxylation is 2. The first-order valence-corrected chi connectivity index (χ1v) is 8.91. The summed E-state index contributed by atoms with van der Waals surface area (Å²) in [6.45, 7) is 6.04. The molecule has 0 bridgehead atoms. The molecule has 5 heteroatoms. The summed E-state index contributed by atoms with van der Waals surface area (Å²) in [7, 11) is 0. The number of nitrogens with one attached hydrogen (secondary N) is 1. The van der Waals surface area contributed by atoms with E-state index in [1.807, 2.05) is 38.1 Å². The van der Waals surface area contributed by atoms with Crippen LogP contribution in [0.2, 0.25) is 0 Å². The molecule has 0 fully saturated rings. The van der Waals surface area contributed by atoms with Crippen LogP contribution in [0.25, 0.3) is 10.9 Å². The molecular formula is C22H22N2O3. The number of nitrogens with zero attached hydrogens (tertiary/aromatic N) is 1. The Morgan fingerprint density at radius 2 is 1.74 bits per heavy atom. The molecule has 1 aromatic heterocycles. The second-order valence-electron chi connectivity index (χ2n) is 6.34. The van der Waals surface area contributed by atoms with Crippen molar-refractivity contribution in [3.8, 4) is 0 Å². The topological polar surface area (TPSA) is 68.3 Å². The van der Waals surface area contributed by atoms with Crippen molar-refractivity contribution in [2.45, 2.75) is 27.2 Å². The van der Waals surface area contributed by atoms with Gasteiger partial charge < -0.3 is 10.1 Å². The molecule has 0 unspecified atom stereocenters. The van der Waals surface area contributed by atoms with Gasteiger partial charge in [-0.3, -0.25) is 9.78 Å². The summed E-state index contributed by atoms with van der Waals surface area (Å²) >= 11 is 0. The van der Waals surface area contributed by atoms with Crippen molar-refractivity contribution < 1.29 is 14.3 Å². The predicted molar refractivity (Wildman–Crippen MR) is 106 cm³/mol. The van der Waals surface area contributed by atoms with Crippen LogP contribution in [0.5, 0.6) is 0 Å². The van der Waals surface area contributed by atoms with Gasteiger partial charge in [0.05, 0.1) is 24.1 Å². The van der Waals surface area contributed by atoms with Gasteiger partial charge >= 0.3 is 5.97 Å². The number of hydrogen-bond donors (Lipinski definition) is 1. The van der Waals surface area contributed by atoms with Gasteiger partial charge in [0, 0.05) is 16.8 Å². The number of rotatable bonds is 5. The zero-order valence-electron chi connectivity index (χ0n) is 15.7. The van der Waals surface area contributed by atoms with Crippen molar-refractivity contribution >= 4 is 28.5 Å². The van der Waals surface area contributed by atoms with Crippen LogP contribution < -0.4 is 5.32 Å². The SMILES string of the molecule is CCOC(=O)c1ccc(NC(=O)Cc2c(C)nc3ccccc3c2C)cc1. The molecule has 3 aromatic rings. The Morgan fingerprint density at radius 3 is 2.44 bits per heavy atom. The van der Waals surface area contributed by atoms with E-state index in [1.54, 1.807) is 31.2 Å². The lowest BCUT2D eigenvalue weighted by molar-refractivity contribution is -0.115. The molecular weight excluding hydrogens is 340 g/mol. The molecule has 0 saturated carbocycles. The normalized spacial score (nSPS) is 10.6. The van der Waals surface area contributed by atoms with E-state index in [9.17, 15) is 9.59 Å². The Kier molecular flexibility index (Phi) is 5.50. The zero-order chi connectivity index (χ0) is 19.4. The Bertz CT molecular complexity index is 994. The number of aromatic nitrogens is 1. The van der Waals surface area contributed by atoms with E-state index in [0.29, 0.717) is 17.9 Å². The third-order valence-electron chi connectivity index (χ3n) is 4.50. The van der Waals surface area contributed by atoms with E-state index in [1.165, 1.54) is 0 Å². The minimum absolute atomic E-state index is 0.123. The molecule has 27 heavy (non-hydrogen) atoms. The molecule has 138 valence electrons. The van der Waals surface area contributed by atoms with Gasteiger partial charge in [0.2, 0.25) is 5.91 Å². The quantitative estimate of drug-likeness (QED) is 0.691. The molecule has 1 heterocycles. The number of benzene rings is 2. The summed E-state index contributed by atoms with van der Waals surface area (Å²) < 4.78 is 4.96. The fourth-order valence-electron chi connectivity index (χ4n) is 3.10. The highest BCUT2D eigenvalue weighted by Crippen LogP contribution is 2.23. The second kappa shape index (κ2) is 7.99. The standard InChI is InChI=1S/C22H22N2O3/c1-4-27-22(26)16-9-11-17(12-10-16)24-21(25)13-19-14(2)18-7-5-6-8-20(18)23-15(19)3/h5-12H,4,13H2,1-3H3,(H,24,25). The first kappa shape index (κ1) is 18.6. The van der Waals surface area contributed by atoms with Crippen LogP contribution in [0.3, 0.4) is 0 Å². The first-order chi connectivity index (χ1) is 13.0. The Balaban J connectivity index is 1.74.